The number of nitrogens with one attached hydrogen (secondary N) is 1. The maximum atomic E-state index is 11.8. The Labute approximate surface area is 96.1 Å². The van der Waals surface area contributed by atoms with E-state index < -0.39 is 0 Å². The van der Waals surface area contributed by atoms with Crippen molar-refractivity contribution in [2.24, 2.45) is 0 Å². The van der Waals surface area contributed by atoms with Gasteiger partial charge in [-0.2, -0.15) is 0 Å². The molecular weight excluding hydrogens is 208 g/mol. The second kappa shape index (κ2) is 6.48. The number of nitrogens with zero attached hydrogens (tertiary/aromatic N) is 1. The molecule has 5 nitrogen and oxygen atoms in total. The Morgan fingerprint density at radius 2 is 2.19 bits per heavy atom. The zero-order valence-electron chi connectivity index (χ0n) is 9.99. The monoisotopic (exact) mass is 228 g/mol. The summed E-state index contributed by atoms with van der Waals surface area (Å²) in [4.78, 5) is 24.6. The number of ether oxygens (including phenoxy) is 1. The highest BCUT2D eigenvalue weighted by Gasteiger charge is 2.22. The van der Waals surface area contributed by atoms with Gasteiger partial charge in [-0.25, -0.2) is 0 Å². The quantitative estimate of drug-likeness (QED) is 0.696. The molecule has 0 aliphatic carbocycles. The first-order valence-electron chi connectivity index (χ1n) is 5.72. The molecule has 1 amide bonds. The van der Waals surface area contributed by atoms with Crippen LogP contribution >= 0.6 is 0 Å². The first kappa shape index (κ1) is 13.0. The van der Waals surface area contributed by atoms with Gasteiger partial charge in [-0.3, -0.25) is 9.59 Å². The van der Waals surface area contributed by atoms with Crippen LogP contribution in [0.25, 0.3) is 0 Å². The van der Waals surface area contributed by atoms with Gasteiger partial charge in [-0.05, 0) is 13.3 Å². The van der Waals surface area contributed by atoms with E-state index in [4.69, 9.17) is 0 Å². The lowest BCUT2D eigenvalue weighted by molar-refractivity contribution is -0.141. The smallest absolute Gasteiger partial charge is 0.305 e. The van der Waals surface area contributed by atoms with Crippen LogP contribution in [0.2, 0.25) is 0 Å². The number of carbonyl (C=O) groups excluding carboxylic acids is 2. The van der Waals surface area contributed by atoms with E-state index in [1.54, 1.807) is 0 Å². The van der Waals surface area contributed by atoms with E-state index in [9.17, 15) is 9.59 Å². The summed E-state index contributed by atoms with van der Waals surface area (Å²) >= 11 is 0. The van der Waals surface area contributed by atoms with Crippen LogP contribution in [0.1, 0.15) is 26.2 Å². The molecule has 0 radical (unpaired) electrons. The van der Waals surface area contributed by atoms with E-state index in [0.29, 0.717) is 19.3 Å². The second-order valence-electron chi connectivity index (χ2n) is 4.07. The lowest BCUT2D eigenvalue weighted by atomic mass is 10.1. The summed E-state index contributed by atoms with van der Waals surface area (Å²) in [7, 11) is 1.36. The summed E-state index contributed by atoms with van der Waals surface area (Å²) in [5.41, 5.74) is 0. The number of hydrogen-bond donors (Lipinski definition) is 1. The second-order valence-corrected chi connectivity index (χ2v) is 4.07. The highest BCUT2D eigenvalue weighted by atomic mass is 16.5. The van der Waals surface area contributed by atoms with Gasteiger partial charge < -0.3 is 15.0 Å². The minimum absolute atomic E-state index is 0.137. The van der Waals surface area contributed by atoms with Gasteiger partial charge in [0.1, 0.15) is 0 Å². The third-order valence-electron chi connectivity index (χ3n) is 2.82. The van der Waals surface area contributed by atoms with Crippen molar-refractivity contribution in [2.75, 3.05) is 26.7 Å². The van der Waals surface area contributed by atoms with Gasteiger partial charge in [0.15, 0.2) is 0 Å². The van der Waals surface area contributed by atoms with Crippen LogP contribution in [-0.4, -0.2) is 49.6 Å². The molecule has 1 unspecified atom stereocenters. The van der Waals surface area contributed by atoms with Crippen LogP contribution in [0.5, 0.6) is 0 Å². The molecule has 1 fully saturated rings. The van der Waals surface area contributed by atoms with E-state index in [1.165, 1.54) is 7.11 Å². The van der Waals surface area contributed by atoms with Gasteiger partial charge in [-0.1, -0.05) is 0 Å². The Hall–Kier alpha value is -1.10. The molecule has 16 heavy (non-hydrogen) atoms. The summed E-state index contributed by atoms with van der Waals surface area (Å²) < 4.78 is 4.52. The molecule has 0 saturated carbocycles. The molecule has 0 aromatic rings. The Bertz CT molecular complexity index is 256. The Kier molecular flexibility index (Phi) is 5.25. The van der Waals surface area contributed by atoms with Crippen LogP contribution < -0.4 is 5.32 Å². The SMILES string of the molecule is COC(=O)CCCC(=O)N1CCNCC1C. The van der Waals surface area contributed by atoms with E-state index in [2.05, 4.69) is 10.1 Å². The lowest BCUT2D eigenvalue weighted by Gasteiger charge is -2.34. The maximum Gasteiger partial charge on any atom is 0.305 e. The standard InChI is InChI=1S/C11H20N2O3/c1-9-8-12-6-7-13(9)10(14)4-3-5-11(15)16-2/h9,12H,3-8H2,1-2H3. The molecule has 1 aliphatic heterocycles. The number of methoxy groups -OCH3 is 1. The van der Waals surface area contributed by atoms with Crippen molar-refractivity contribution >= 4 is 11.9 Å². The van der Waals surface area contributed by atoms with Crippen LogP contribution in [0.4, 0.5) is 0 Å². The molecule has 0 aromatic heterocycles. The maximum absolute atomic E-state index is 11.8. The molecule has 1 rings (SSSR count). The summed E-state index contributed by atoms with van der Waals surface area (Å²) in [6.45, 7) is 4.50. The molecular formula is C11H20N2O3. The Balaban J connectivity index is 2.25. The van der Waals surface area contributed by atoms with Crippen molar-refractivity contribution in [3.63, 3.8) is 0 Å². The molecule has 0 aromatic carbocycles. The van der Waals surface area contributed by atoms with Crippen LogP contribution in [-0.2, 0) is 14.3 Å². The minimum atomic E-state index is -0.249. The van der Waals surface area contributed by atoms with Crippen molar-refractivity contribution < 1.29 is 14.3 Å². The van der Waals surface area contributed by atoms with E-state index in [-0.39, 0.29) is 17.9 Å². The summed E-state index contributed by atoms with van der Waals surface area (Å²) in [5, 5.41) is 3.23. The van der Waals surface area contributed by atoms with Crippen molar-refractivity contribution in [3.05, 3.63) is 0 Å². The predicted octanol–water partition coefficient (Wildman–Crippen LogP) is 0.150. The molecule has 5 heteroatoms. The molecule has 0 bridgehead atoms. The lowest BCUT2D eigenvalue weighted by Crippen LogP contribution is -2.52. The first-order valence-corrected chi connectivity index (χ1v) is 5.72. The van der Waals surface area contributed by atoms with E-state index in [1.807, 2.05) is 11.8 Å². The Morgan fingerprint density at radius 1 is 1.44 bits per heavy atom. The Morgan fingerprint density at radius 3 is 2.81 bits per heavy atom. The van der Waals surface area contributed by atoms with Crippen LogP contribution in [0.15, 0.2) is 0 Å². The number of hydrogen-bond acceptors (Lipinski definition) is 4. The fourth-order valence-corrected chi connectivity index (χ4v) is 1.84. The molecule has 0 spiro atoms. The van der Waals surface area contributed by atoms with Crippen LogP contribution in [0, 0.1) is 0 Å². The number of rotatable bonds is 4. The third-order valence-corrected chi connectivity index (χ3v) is 2.82. The normalized spacial score (nSPS) is 20.6. The average molecular weight is 228 g/mol. The molecule has 92 valence electrons. The minimum Gasteiger partial charge on any atom is -0.469 e. The summed E-state index contributed by atoms with van der Waals surface area (Å²) in [6.07, 6.45) is 1.32. The van der Waals surface area contributed by atoms with Gasteiger partial charge in [0, 0.05) is 38.5 Å². The van der Waals surface area contributed by atoms with Crippen molar-refractivity contribution in [3.8, 4) is 0 Å². The fraction of sp³-hybridized carbons (Fsp3) is 0.818. The van der Waals surface area contributed by atoms with Crippen molar-refractivity contribution in [1.82, 2.24) is 10.2 Å². The van der Waals surface area contributed by atoms with Crippen molar-refractivity contribution in [1.29, 1.82) is 0 Å². The van der Waals surface area contributed by atoms with Gasteiger partial charge in [0.2, 0.25) is 5.91 Å². The van der Waals surface area contributed by atoms with Gasteiger partial charge in [0.25, 0.3) is 0 Å². The molecule has 1 aliphatic rings. The zero-order chi connectivity index (χ0) is 12.0. The average Bonchev–Trinajstić information content (AvgIpc) is 2.29. The van der Waals surface area contributed by atoms with Crippen molar-refractivity contribution in [2.45, 2.75) is 32.2 Å². The van der Waals surface area contributed by atoms with Gasteiger partial charge in [0.05, 0.1) is 7.11 Å². The number of carbonyl (C=O) groups is 2. The zero-order valence-corrected chi connectivity index (χ0v) is 9.99. The van der Waals surface area contributed by atoms with Gasteiger partial charge >= 0.3 is 5.97 Å². The van der Waals surface area contributed by atoms with Gasteiger partial charge in [-0.15, -0.1) is 0 Å². The summed E-state index contributed by atoms with van der Waals surface area (Å²) in [5.74, 6) is -0.112. The highest BCUT2D eigenvalue weighted by molar-refractivity contribution is 5.77. The van der Waals surface area contributed by atoms with E-state index in [0.717, 1.165) is 19.6 Å². The summed E-state index contributed by atoms with van der Waals surface area (Å²) in [6, 6.07) is 0.249. The fourth-order valence-electron chi connectivity index (χ4n) is 1.84. The number of esters is 1. The van der Waals surface area contributed by atoms with E-state index >= 15 is 0 Å². The highest BCUT2D eigenvalue weighted by Crippen LogP contribution is 2.07. The predicted molar refractivity (Wildman–Crippen MR) is 59.9 cm³/mol. The molecule has 1 atom stereocenters. The first-order chi connectivity index (χ1) is 7.65. The largest absolute Gasteiger partial charge is 0.469 e. The topological polar surface area (TPSA) is 58.6 Å². The van der Waals surface area contributed by atoms with Crippen LogP contribution in [0.3, 0.4) is 0 Å². The number of piperazine rings is 1. The number of amides is 1. The molecule has 1 saturated heterocycles. The molecule has 1 heterocycles. The molecule has 1 N–H and O–H groups in total. The third kappa shape index (κ3) is 3.81.